The summed E-state index contributed by atoms with van der Waals surface area (Å²) in [6.45, 7) is 0. The average Bonchev–Trinajstić information content (AvgIpc) is 2.84. The Balaban J connectivity index is 2.33. The van der Waals surface area contributed by atoms with E-state index in [4.69, 9.17) is 4.74 Å². The van der Waals surface area contributed by atoms with Crippen LogP contribution in [0.1, 0.15) is 17.3 Å². The van der Waals surface area contributed by atoms with Gasteiger partial charge in [0.2, 0.25) is 0 Å². The Morgan fingerprint density at radius 2 is 2.31 bits per heavy atom. The number of nitrogens with zero attached hydrogens (tertiary/aromatic N) is 2. The van der Waals surface area contributed by atoms with Crippen molar-refractivity contribution < 1.29 is 4.74 Å². The molecule has 0 spiro atoms. The SMILES string of the molecule is CNC(c1cccc(OC)c1)c1cn[nH]n1. The lowest BCUT2D eigenvalue weighted by Gasteiger charge is -2.14. The van der Waals surface area contributed by atoms with Crippen LogP contribution in [-0.4, -0.2) is 29.6 Å². The zero-order valence-corrected chi connectivity index (χ0v) is 9.27. The molecule has 1 aromatic carbocycles. The fourth-order valence-electron chi connectivity index (χ4n) is 1.66. The van der Waals surface area contributed by atoms with Crippen molar-refractivity contribution in [1.82, 2.24) is 20.7 Å². The van der Waals surface area contributed by atoms with Crippen LogP contribution in [0.15, 0.2) is 30.5 Å². The van der Waals surface area contributed by atoms with Crippen molar-refractivity contribution in [2.75, 3.05) is 14.2 Å². The third-order valence-electron chi connectivity index (χ3n) is 2.45. The Morgan fingerprint density at radius 3 is 2.94 bits per heavy atom. The van der Waals surface area contributed by atoms with Crippen LogP contribution in [-0.2, 0) is 0 Å². The molecule has 5 heteroatoms. The van der Waals surface area contributed by atoms with Crippen molar-refractivity contribution in [3.05, 3.63) is 41.7 Å². The number of ether oxygens (including phenoxy) is 1. The van der Waals surface area contributed by atoms with Crippen molar-refractivity contribution in [2.45, 2.75) is 6.04 Å². The number of aromatic amines is 1. The second kappa shape index (κ2) is 4.76. The van der Waals surface area contributed by atoms with Crippen LogP contribution < -0.4 is 10.1 Å². The molecular weight excluding hydrogens is 204 g/mol. The highest BCUT2D eigenvalue weighted by Gasteiger charge is 2.14. The summed E-state index contributed by atoms with van der Waals surface area (Å²) in [6, 6.07) is 7.90. The molecule has 2 aromatic rings. The van der Waals surface area contributed by atoms with E-state index < -0.39 is 0 Å². The molecule has 0 radical (unpaired) electrons. The molecule has 2 rings (SSSR count). The third kappa shape index (κ3) is 2.04. The lowest BCUT2D eigenvalue weighted by atomic mass is 10.0. The summed E-state index contributed by atoms with van der Waals surface area (Å²) < 4.78 is 5.20. The molecular formula is C11H14N4O. The highest BCUT2D eigenvalue weighted by Crippen LogP contribution is 2.22. The molecule has 5 nitrogen and oxygen atoms in total. The van der Waals surface area contributed by atoms with E-state index in [2.05, 4.69) is 20.7 Å². The van der Waals surface area contributed by atoms with E-state index in [1.807, 2.05) is 31.3 Å². The molecule has 1 unspecified atom stereocenters. The lowest BCUT2D eigenvalue weighted by molar-refractivity contribution is 0.413. The van der Waals surface area contributed by atoms with Crippen molar-refractivity contribution in [1.29, 1.82) is 0 Å². The maximum Gasteiger partial charge on any atom is 0.119 e. The lowest BCUT2D eigenvalue weighted by Crippen LogP contribution is -2.18. The van der Waals surface area contributed by atoms with Crippen molar-refractivity contribution in [3.8, 4) is 5.75 Å². The van der Waals surface area contributed by atoms with Gasteiger partial charge >= 0.3 is 0 Å². The normalized spacial score (nSPS) is 12.4. The van der Waals surface area contributed by atoms with Crippen molar-refractivity contribution in [2.24, 2.45) is 0 Å². The zero-order valence-electron chi connectivity index (χ0n) is 9.27. The van der Waals surface area contributed by atoms with Gasteiger partial charge in [-0.1, -0.05) is 12.1 Å². The van der Waals surface area contributed by atoms with Gasteiger partial charge in [0.15, 0.2) is 0 Å². The van der Waals surface area contributed by atoms with Crippen LogP contribution in [0.25, 0.3) is 0 Å². The Morgan fingerprint density at radius 1 is 1.44 bits per heavy atom. The molecule has 0 amide bonds. The molecule has 0 aliphatic heterocycles. The van der Waals surface area contributed by atoms with Gasteiger partial charge in [0.1, 0.15) is 11.4 Å². The van der Waals surface area contributed by atoms with E-state index >= 15 is 0 Å². The summed E-state index contributed by atoms with van der Waals surface area (Å²) in [6.07, 6.45) is 1.71. The van der Waals surface area contributed by atoms with Crippen LogP contribution in [0.3, 0.4) is 0 Å². The maximum atomic E-state index is 5.20. The third-order valence-corrected chi connectivity index (χ3v) is 2.45. The summed E-state index contributed by atoms with van der Waals surface area (Å²) in [5.74, 6) is 0.834. The first-order chi connectivity index (χ1) is 7.85. The number of hydrogen-bond donors (Lipinski definition) is 2. The maximum absolute atomic E-state index is 5.20. The van der Waals surface area contributed by atoms with Crippen LogP contribution in [0.5, 0.6) is 5.75 Å². The minimum atomic E-state index is 0.0221. The second-order valence-electron chi connectivity index (χ2n) is 3.39. The van der Waals surface area contributed by atoms with E-state index in [0.717, 1.165) is 17.0 Å². The quantitative estimate of drug-likeness (QED) is 0.807. The predicted octanol–water partition coefficient (Wildman–Crippen LogP) is 1.12. The molecule has 1 atom stereocenters. The van der Waals surface area contributed by atoms with Crippen LogP contribution >= 0.6 is 0 Å². The number of rotatable bonds is 4. The summed E-state index contributed by atoms with van der Waals surface area (Å²) in [5.41, 5.74) is 1.95. The molecule has 0 fully saturated rings. The molecule has 0 saturated heterocycles. The number of aromatic nitrogens is 3. The summed E-state index contributed by atoms with van der Waals surface area (Å²) in [7, 11) is 3.54. The van der Waals surface area contributed by atoms with Crippen molar-refractivity contribution in [3.63, 3.8) is 0 Å². The topological polar surface area (TPSA) is 62.8 Å². The first-order valence-electron chi connectivity index (χ1n) is 5.02. The zero-order chi connectivity index (χ0) is 11.4. The van der Waals surface area contributed by atoms with Gasteiger partial charge in [-0.15, -0.1) is 0 Å². The number of H-pyrrole nitrogens is 1. The van der Waals surface area contributed by atoms with Gasteiger partial charge in [-0.2, -0.15) is 15.4 Å². The molecule has 0 aliphatic rings. The van der Waals surface area contributed by atoms with Crippen LogP contribution in [0, 0.1) is 0 Å². The standard InChI is InChI=1S/C11H14N4O/c1-12-11(10-7-13-15-14-10)8-4-3-5-9(6-8)16-2/h3-7,11-12H,1-2H3,(H,13,14,15). The number of nitrogens with one attached hydrogen (secondary N) is 2. The minimum absolute atomic E-state index is 0.0221. The van der Waals surface area contributed by atoms with E-state index in [1.54, 1.807) is 13.3 Å². The Hall–Kier alpha value is -1.88. The fraction of sp³-hybridized carbons (Fsp3) is 0.273. The second-order valence-corrected chi connectivity index (χ2v) is 3.39. The number of benzene rings is 1. The van der Waals surface area contributed by atoms with Crippen LogP contribution in [0.2, 0.25) is 0 Å². The molecule has 1 heterocycles. The largest absolute Gasteiger partial charge is 0.497 e. The molecule has 2 N–H and O–H groups in total. The molecule has 1 aromatic heterocycles. The Labute approximate surface area is 93.8 Å². The number of methoxy groups -OCH3 is 1. The van der Waals surface area contributed by atoms with E-state index in [1.165, 1.54) is 0 Å². The molecule has 16 heavy (non-hydrogen) atoms. The smallest absolute Gasteiger partial charge is 0.119 e. The Kier molecular flexibility index (Phi) is 3.16. The first kappa shape index (κ1) is 10.6. The van der Waals surface area contributed by atoms with Crippen molar-refractivity contribution >= 4 is 0 Å². The Bertz CT molecular complexity index is 441. The van der Waals surface area contributed by atoms with E-state index in [-0.39, 0.29) is 6.04 Å². The molecule has 0 saturated carbocycles. The van der Waals surface area contributed by atoms with Gasteiger partial charge < -0.3 is 10.1 Å². The average molecular weight is 218 g/mol. The molecule has 0 aliphatic carbocycles. The van der Waals surface area contributed by atoms with Crippen LogP contribution in [0.4, 0.5) is 0 Å². The van der Waals surface area contributed by atoms with Gasteiger partial charge in [0, 0.05) is 0 Å². The fourth-order valence-corrected chi connectivity index (χ4v) is 1.66. The first-order valence-corrected chi connectivity index (χ1v) is 5.02. The highest BCUT2D eigenvalue weighted by molar-refractivity contribution is 5.33. The summed E-state index contributed by atoms with van der Waals surface area (Å²) in [5, 5.41) is 13.7. The highest BCUT2D eigenvalue weighted by atomic mass is 16.5. The van der Waals surface area contributed by atoms with Gasteiger partial charge in [0.05, 0.1) is 19.3 Å². The summed E-state index contributed by atoms with van der Waals surface area (Å²) in [4.78, 5) is 0. The molecule has 84 valence electrons. The monoisotopic (exact) mass is 218 g/mol. The summed E-state index contributed by atoms with van der Waals surface area (Å²) >= 11 is 0. The van der Waals surface area contributed by atoms with Gasteiger partial charge in [-0.05, 0) is 24.7 Å². The van der Waals surface area contributed by atoms with Gasteiger partial charge in [0.25, 0.3) is 0 Å². The van der Waals surface area contributed by atoms with Gasteiger partial charge in [-0.25, -0.2) is 0 Å². The number of hydrogen-bond acceptors (Lipinski definition) is 4. The predicted molar refractivity (Wildman–Crippen MR) is 60.3 cm³/mol. The molecule has 0 bridgehead atoms. The van der Waals surface area contributed by atoms with E-state index in [9.17, 15) is 0 Å². The van der Waals surface area contributed by atoms with E-state index in [0.29, 0.717) is 0 Å². The minimum Gasteiger partial charge on any atom is -0.497 e. The van der Waals surface area contributed by atoms with Gasteiger partial charge in [-0.3, -0.25) is 0 Å².